The topological polar surface area (TPSA) is 16.1 Å². The Labute approximate surface area is 110 Å². The summed E-state index contributed by atoms with van der Waals surface area (Å²) in [5.74, 6) is 1.00. The SMILES string of the molecule is CN(c1ccc(Br)cn1)C1CCCCC1Cl. The summed E-state index contributed by atoms with van der Waals surface area (Å²) in [6, 6.07) is 4.47. The molecule has 2 atom stereocenters. The minimum Gasteiger partial charge on any atom is -0.355 e. The Hall–Kier alpha value is -0.280. The minimum absolute atomic E-state index is 0.254. The normalized spacial score (nSPS) is 25.4. The first-order valence-electron chi connectivity index (χ1n) is 5.67. The lowest BCUT2D eigenvalue weighted by Gasteiger charge is -2.35. The van der Waals surface area contributed by atoms with Crippen molar-refractivity contribution in [3.8, 4) is 0 Å². The molecule has 16 heavy (non-hydrogen) atoms. The van der Waals surface area contributed by atoms with E-state index in [0.29, 0.717) is 6.04 Å². The number of rotatable bonds is 2. The van der Waals surface area contributed by atoms with Gasteiger partial charge in [0.1, 0.15) is 5.82 Å². The van der Waals surface area contributed by atoms with Gasteiger partial charge in [-0.15, -0.1) is 11.6 Å². The molecule has 1 saturated carbocycles. The van der Waals surface area contributed by atoms with E-state index in [9.17, 15) is 0 Å². The number of aromatic nitrogens is 1. The maximum Gasteiger partial charge on any atom is 0.128 e. The fraction of sp³-hybridized carbons (Fsp3) is 0.583. The van der Waals surface area contributed by atoms with Crippen LogP contribution in [0.5, 0.6) is 0 Å². The third-order valence-electron chi connectivity index (χ3n) is 3.22. The Balaban J connectivity index is 2.11. The second kappa shape index (κ2) is 5.37. The molecule has 1 aliphatic rings. The van der Waals surface area contributed by atoms with Crippen LogP contribution in [0, 0.1) is 0 Å². The average Bonchev–Trinajstić information content (AvgIpc) is 2.30. The van der Waals surface area contributed by atoms with Crippen molar-refractivity contribution < 1.29 is 0 Å². The van der Waals surface area contributed by atoms with Gasteiger partial charge in [-0.05, 0) is 40.9 Å². The van der Waals surface area contributed by atoms with Crippen LogP contribution in [0.1, 0.15) is 25.7 Å². The van der Waals surface area contributed by atoms with E-state index in [1.807, 2.05) is 18.3 Å². The van der Waals surface area contributed by atoms with Crippen LogP contribution in [-0.2, 0) is 0 Å². The summed E-state index contributed by atoms with van der Waals surface area (Å²) < 4.78 is 1.01. The van der Waals surface area contributed by atoms with Gasteiger partial charge in [0.2, 0.25) is 0 Å². The lowest BCUT2D eigenvalue weighted by Crippen LogP contribution is -2.41. The van der Waals surface area contributed by atoms with Crippen LogP contribution in [0.25, 0.3) is 0 Å². The predicted molar refractivity (Wildman–Crippen MR) is 72.2 cm³/mol. The Kier molecular flexibility index (Phi) is 4.09. The van der Waals surface area contributed by atoms with Crippen LogP contribution in [0.3, 0.4) is 0 Å². The molecule has 2 nitrogen and oxygen atoms in total. The van der Waals surface area contributed by atoms with Crippen LogP contribution in [0.2, 0.25) is 0 Å². The van der Waals surface area contributed by atoms with Gasteiger partial charge in [-0.1, -0.05) is 12.8 Å². The summed E-state index contributed by atoms with van der Waals surface area (Å²) in [5.41, 5.74) is 0. The summed E-state index contributed by atoms with van der Waals surface area (Å²) in [5, 5.41) is 0.254. The highest BCUT2D eigenvalue weighted by atomic mass is 79.9. The minimum atomic E-state index is 0.254. The Morgan fingerprint density at radius 3 is 2.75 bits per heavy atom. The van der Waals surface area contributed by atoms with E-state index < -0.39 is 0 Å². The molecule has 1 fully saturated rings. The molecule has 4 heteroatoms. The molecular weight excluding hydrogens is 288 g/mol. The zero-order chi connectivity index (χ0) is 11.5. The molecule has 0 spiro atoms. The Morgan fingerprint density at radius 2 is 2.12 bits per heavy atom. The summed E-state index contributed by atoms with van der Waals surface area (Å²) >= 11 is 9.78. The molecule has 1 aliphatic carbocycles. The van der Waals surface area contributed by atoms with E-state index in [2.05, 4.69) is 32.9 Å². The third kappa shape index (κ3) is 2.69. The summed E-state index contributed by atoms with van der Waals surface area (Å²) in [7, 11) is 2.08. The first-order chi connectivity index (χ1) is 7.68. The maximum atomic E-state index is 6.38. The van der Waals surface area contributed by atoms with Crippen LogP contribution < -0.4 is 4.90 Å². The number of nitrogens with zero attached hydrogens (tertiary/aromatic N) is 2. The van der Waals surface area contributed by atoms with Crippen molar-refractivity contribution in [2.24, 2.45) is 0 Å². The summed E-state index contributed by atoms with van der Waals surface area (Å²) in [6.45, 7) is 0. The molecule has 0 aromatic carbocycles. The van der Waals surface area contributed by atoms with Crippen molar-refractivity contribution in [1.82, 2.24) is 4.98 Å². The highest BCUT2D eigenvalue weighted by Crippen LogP contribution is 2.29. The van der Waals surface area contributed by atoms with Gasteiger partial charge in [0, 0.05) is 23.8 Å². The average molecular weight is 304 g/mol. The largest absolute Gasteiger partial charge is 0.355 e. The quantitative estimate of drug-likeness (QED) is 0.772. The molecule has 0 saturated heterocycles. The van der Waals surface area contributed by atoms with E-state index in [0.717, 1.165) is 16.7 Å². The molecule has 1 aromatic rings. The standard InChI is InChI=1S/C12H16BrClN2/c1-16(11-5-3-2-4-10(11)14)12-7-6-9(13)8-15-12/h6-8,10-11H,2-5H2,1H3. The predicted octanol–water partition coefficient (Wildman–Crippen LogP) is 3.83. The van der Waals surface area contributed by atoms with Crippen molar-refractivity contribution in [2.45, 2.75) is 37.1 Å². The monoisotopic (exact) mass is 302 g/mol. The first kappa shape index (κ1) is 12.2. The van der Waals surface area contributed by atoms with Crippen molar-refractivity contribution in [1.29, 1.82) is 0 Å². The second-order valence-corrected chi connectivity index (χ2v) is 5.79. The van der Waals surface area contributed by atoms with Crippen molar-refractivity contribution in [2.75, 3.05) is 11.9 Å². The fourth-order valence-corrected chi connectivity index (χ4v) is 2.93. The van der Waals surface area contributed by atoms with Crippen LogP contribution >= 0.6 is 27.5 Å². The van der Waals surface area contributed by atoms with Gasteiger partial charge >= 0.3 is 0 Å². The summed E-state index contributed by atoms with van der Waals surface area (Å²) in [6.07, 6.45) is 6.65. The molecule has 88 valence electrons. The number of anilines is 1. The highest BCUT2D eigenvalue weighted by molar-refractivity contribution is 9.10. The number of hydrogen-bond donors (Lipinski definition) is 0. The van der Waals surface area contributed by atoms with Gasteiger partial charge in [-0.25, -0.2) is 4.98 Å². The molecule has 1 aromatic heterocycles. The lowest BCUT2D eigenvalue weighted by molar-refractivity contribution is 0.432. The fourth-order valence-electron chi connectivity index (χ4n) is 2.25. The Morgan fingerprint density at radius 1 is 1.38 bits per heavy atom. The van der Waals surface area contributed by atoms with Crippen molar-refractivity contribution in [3.05, 3.63) is 22.8 Å². The molecular formula is C12H16BrClN2. The van der Waals surface area contributed by atoms with E-state index in [1.165, 1.54) is 19.3 Å². The van der Waals surface area contributed by atoms with Gasteiger partial charge in [0.25, 0.3) is 0 Å². The van der Waals surface area contributed by atoms with Crippen molar-refractivity contribution in [3.63, 3.8) is 0 Å². The van der Waals surface area contributed by atoms with Gasteiger partial charge in [-0.2, -0.15) is 0 Å². The number of halogens is 2. The van der Waals surface area contributed by atoms with E-state index in [1.54, 1.807) is 0 Å². The summed E-state index contributed by atoms with van der Waals surface area (Å²) in [4.78, 5) is 6.62. The highest BCUT2D eigenvalue weighted by Gasteiger charge is 2.27. The van der Waals surface area contributed by atoms with Gasteiger partial charge < -0.3 is 4.90 Å². The van der Waals surface area contributed by atoms with E-state index in [-0.39, 0.29) is 5.38 Å². The van der Waals surface area contributed by atoms with Crippen LogP contribution in [-0.4, -0.2) is 23.5 Å². The van der Waals surface area contributed by atoms with Crippen molar-refractivity contribution >= 4 is 33.3 Å². The molecule has 0 N–H and O–H groups in total. The first-order valence-corrected chi connectivity index (χ1v) is 6.90. The van der Waals surface area contributed by atoms with Crippen LogP contribution in [0.4, 0.5) is 5.82 Å². The maximum absolute atomic E-state index is 6.38. The molecule has 1 heterocycles. The molecule has 0 amide bonds. The zero-order valence-corrected chi connectivity index (χ0v) is 11.7. The van der Waals surface area contributed by atoms with Gasteiger partial charge in [-0.3, -0.25) is 0 Å². The van der Waals surface area contributed by atoms with E-state index >= 15 is 0 Å². The molecule has 2 unspecified atom stereocenters. The third-order valence-corrected chi connectivity index (χ3v) is 4.20. The lowest BCUT2D eigenvalue weighted by atomic mass is 9.94. The second-order valence-electron chi connectivity index (χ2n) is 4.31. The van der Waals surface area contributed by atoms with Crippen LogP contribution in [0.15, 0.2) is 22.8 Å². The number of alkyl halides is 1. The molecule has 0 bridgehead atoms. The molecule has 0 radical (unpaired) electrons. The Bertz CT molecular complexity index is 341. The smallest absolute Gasteiger partial charge is 0.128 e. The van der Waals surface area contributed by atoms with Gasteiger partial charge in [0.05, 0.1) is 5.38 Å². The van der Waals surface area contributed by atoms with E-state index in [4.69, 9.17) is 11.6 Å². The van der Waals surface area contributed by atoms with Gasteiger partial charge in [0.15, 0.2) is 0 Å². The molecule has 0 aliphatic heterocycles. The number of hydrogen-bond acceptors (Lipinski definition) is 2. The molecule has 2 rings (SSSR count). The number of pyridine rings is 1. The zero-order valence-electron chi connectivity index (χ0n) is 9.37.